The molecule has 0 amide bonds. The molecule has 0 fully saturated rings. The molecule has 2 aromatic carbocycles. The number of fused-ring (bicyclic) bond motifs is 5. The number of benzene rings is 2. The zero-order valence-corrected chi connectivity index (χ0v) is 37.4. The van der Waals surface area contributed by atoms with Crippen molar-refractivity contribution in [2.24, 2.45) is 0 Å². The van der Waals surface area contributed by atoms with Crippen LogP contribution in [-0.2, 0) is 0 Å². The number of rotatable bonds is 4. The van der Waals surface area contributed by atoms with Crippen LogP contribution in [0.3, 0.4) is 0 Å². The van der Waals surface area contributed by atoms with E-state index in [-0.39, 0.29) is 0 Å². The molecule has 236 valence electrons. The van der Waals surface area contributed by atoms with Gasteiger partial charge in [-0.15, -0.1) is 90.7 Å². The largest absolute Gasteiger partial charge is 0.134 e. The van der Waals surface area contributed by atoms with Crippen molar-refractivity contribution < 1.29 is 0 Å². The van der Waals surface area contributed by atoms with Gasteiger partial charge in [-0.2, -0.15) is 0 Å². The second-order valence-electron chi connectivity index (χ2n) is 11.6. The van der Waals surface area contributed by atoms with Crippen molar-refractivity contribution >= 4 is 203 Å². The minimum atomic E-state index is 1.19. The van der Waals surface area contributed by atoms with E-state index in [9.17, 15) is 0 Å². The first-order valence-electron chi connectivity index (χ1n) is 14.6. The third-order valence-electron chi connectivity index (χ3n) is 8.28. The van der Waals surface area contributed by atoms with E-state index >= 15 is 0 Å². The van der Waals surface area contributed by atoms with E-state index in [0.29, 0.717) is 0 Å². The Morgan fingerprint density at radius 1 is 0.354 bits per heavy atom. The fraction of sp³-hybridized carbons (Fsp3) is 0.0556. The first-order chi connectivity index (χ1) is 23.2. The Balaban J connectivity index is 0.998. The van der Waals surface area contributed by atoms with Crippen molar-refractivity contribution in [2.75, 3.05) is 0 Å². The number of halogens is 4. The lowest BCUT2D eigenvalue weighted by molar-refractivity contribution is 1.52. The van der Waals surface area contributed by atoms with Crippen molar-refractivity contribution in [3.8, 4) is 39.0 Å². The summed E-state index contributed by atoms with van der Waals surface area (Å²) in [5.74, 6) is 0. The summed E-state index contributed by atoms with van der Waals surface area (Å²) in [4.78, 5) is 10.5. The quantitative estimate of drug-likeness (QED) is 0.165. The average molecular weight is 1020 g/mol. The summed E-state index contributed by atoms with van der Waals surface area (Å²) in [5.41, 5.74) is 2.62. The first kappa shape index (κ1) is 32.0. The highest BCUT2D eigenvalue weighted by Crippen LogP contribution is 2.59. The van der Waals surface area contributed by atoms with Crippen LogP contribution in [0.5, 0.6) is 0 Å². The molecule has 0 saturated carbocycles. The van der Waals surface area contributed by atoms with E-state index in [1.54, 1.807) is 0 Å². The minimum absolute atomic E-state index is 1.19. The van der Waals surface area contributed by atoms with Gasteiger partial charge in [0.1, 0.15) is 0 Å². The molecule has 0 aliphatic heterocycles. The molecule has 0 unspecified atom stereocenters. The molecule has 0 spiro atoms. The Hall–Kier alpha value is -0.740. The molecule has 0 aliphatic carbocycles. The van der Waals surface area contributed by atoms with Crippen molar-refractivity contribution in [2.45, 2.75) is 13.8 Å². The number of aryl methyl sites for hydroxylation is 2. The van der Waals surface area contributed by atoms with E-state index in [1.165, 1.54) is 116 Å². The van der Waals surface area contributed by atoms with Gasteiger partial charge >= 0.3 is 0 Å². The van der Waals surface area contributed by atoms with Crippen LogP contribution in [-0.4, -0.2) is 0 Å². The van der Waals surface area contributed by atoms with Crippen LogP contribution in [0.25, 0.3) is 87.4 Å². The van der Waals surface area contributed by atoms with E-state index in [2.05, 4.69) is 138 Å². The fourth-order valence-corrected chi connectivity index (χ4v) is 20.6. The maximum atomic E-state index is 4.05. The van der Waals surface area contributed by atoms with Gasteiger partial charge in [0.15, 0.2) is 0 Å². The molecule has 10 aromatic rings. The first-order valence-corrected chi connectivity index (χ1v) is 24.3. The van der Waals surface area contributed by atoms with Crippen LogP contribution in [0.1, 0.15) is 11.1 Å². The molecular formula is C36H16Br4S8. The van der Waals surface area contributed by atoms with Gasteiger partial charge in [0.05, 0.1) is 56.2 Å². The average Bonchev–Trinajstić information content (AvgIpc) is 3.91. The lowest BCUT2D eigenvalue weighted by Gasteiger charge is -1.99. The monoisotopic (exact) mass is 1020 g/mol. The van der Waals surface area contributed by atoms with Crippen LogP contribution < -0.4 is 0 Å². The van der Waals surface area contributed by atoms with Gasteiger partial charge in [0, 0.05) is 38.3 Å². The van der Waals surface area contributed by atoms with Crippen LogP contribution in [0.15, 0.2) is 78.6 Å². The second-order valence-corrected chi connectivity index (χ2v) is 23.1. The van der Waals surface area contributed by atoms with E-state index in [1.807, 2.05) is 90.7 Å². The molecule has 0 atom stereocenters. The third-order valence-corrected chi connectivity index (χ3v) is 23.8. The molecule has 10 rings (SSSR count). The molecule has 0 radical (unpaired) electrons. The SMILES string of the molecule is Cc1ccc2cc(-c3cc4sc(-c5sc6c(Br)c(-c7sc8cc(-c9cc%10ccc(C)cc%10s9)sc8c7Br)sc6c5Br)c(Br)c4s3)sc2c1. The third kappa shape index (κ3) is 4.99. The maximum Gasteiger partial charge on any atom is 0.0618 e. The van der Waals surface area contributed by atoms with E-state index in [0.717, 1.165) is 0 Å². The highest BCUT2D eigenvalue weighted by molar-refractivity contribution is 9.11. The highest BCUT2D eigenvalue weighted by atomic mass is 79.9. The van der Waals surface area contributed by atoms with Crippen molar-refractivity contribution in [3.63, 3.8) is 0 Å². The predicted octanol–water partition coefficient (Wildman–Crippen LogP) is 18.3. The molecule has 8 aromatic heterocycles. The van der Waals surface area contributed by atoms with Crippen molar-refractivity contribution in [1.82, 2.24) is 0 Å². The molecule has 48 heavy (non-hydrogen) atoms. The Labute approximate surface area is 340 Å². The van der Waals surface area contributed by atoms with E-state index < -0.39 is 0 Å². The van der Waals surface area contributed by atoms with Gasteiger partial charge in [0.2, 0.25) is 0 Å². The zero-order valence-electron chi connectivity index (χ0n) is 24.6. The van der Waals surface area contributed by atoms with Gasteiger partial charge in [-0.1, -0.05) is 24.3 Å². The predicted molar refractivity (Wildman–Crippen MR) is 239 cm³/mol. The molecule has 0 aliphatic rings. The normalized spacial score (nSPS) is 12.4. The van der Waals surface area contributed by atoms with Gasteiger partial charge in [-0.3, -0.25) is 0 Å². The number of hydrogen-bond acceptors (Lipinski definition) is 8. The lowest BCUT2D eigenvalue weighted by Crippen LogP contribution is -1.69. The maximum absolute atomic E-state index is 4.05. The van der Waals surface area contributed by atoms with Gasteiger partial charge in [0.25, 0.3) is 0 Å². The molecule has 0 saturated heterocycles. The standard InChI is InChI=1S/C36H16Br4S8/c1-13-3-5-15-9-19(41-17(15)7-13)21-11-23-29(43-21)25(37)31(45-23)33-27(39)35-36(47-33)28(40)34(48-35)32-26(38)30-24(46-32)12-22(44-30)20-10-16-6-4-14(2)8-18(16)42-20/h3-12H,1-2H3. The van der Waals surface area contributed by atoms with Crippen LogP contribution >= 0.6 is 154 Å². The summed E-state index contributed by atoms with van der Waals surface area (Å²) >= 11 is 31.2. The topological polar surface area (TPSA) is 0 Å². The van der Waals surface area contributed by atoms with Gasteiger partial charge in [-0.05, 0) is 136 Å². The lowest BCUT2D eigenvalue weighted by atomic mass is 10.2. The van der Waals surface area contributed by atoms with Crippen LogP contribution in [0.2, 0.25) is 0 Å². The Bertz CT molecular complexity index is 2730. The second kappa shape index (κ2) is 11.9. The minimum Gasteiger partial charge on any atom is -0.134 e. The number of hydrogen-bond donors (Lipinski definition) is 0. The summed E-state index contributed by atoms with van der Waals surface area (Å²) in [6, 6.07) is 22.9. The molecular weight excluding hydrogens is 1010 g/mol. The summed E-state index contributed by atoms with van der Waals surface area (Å²) in [6.07, 6.45) is 0. The van der Waals surface area contributed by atoms with E-state index in [4.69, 9.17) is 0 Å². The summed E-state index contributed by atoms with van der Waals surface area (Å²) < 4.78 is 15.4. The summed E-state index contributed by atoms with van der Waals surface area (Å²) in [5, 5.41) is 2.65. The molecule has 0 bridgehead atoms. The zero-order chi connectivity index (χ0) is 32.6. The Morgan fingerprint density at radius 3 is 1.15 bits per heavy atom. The highest BCUT2D eigenvalue weighted by Gasteiger charge is 2.27. The number of thiophene rings is 8. The summed E-state index contributed by atoms with van der Waals surface area (Å²) in [7, 11) is 0. The molecule has 12 heteroatoms. The van der Waals surface area contributed by atoms with Crippen LogP contribution in [0.4, 0.5) is 0 Å². The molecule has 8 heterocycles. The van der Waals surface area contributed by atoms with Gasteiger partial charge < -0.3 is 0 Å². The molecule has 0 nitrogen and oxygen atoms in total. The molecule has 0 N–H and O–H groups in total. The smallest absolute Gasteiger partial charge is 0.0618 e. The van der Waals surface area contributed by atoms with Crippen molar-refractivity contribution in [1.29, 1.82) is 0 Å². The fourth-order valence-electron chi connectivity index (χ4n) is 5.95. The van der Waals surface area contributed by atoms with Crippen LogP contribution in [0, 0.1) is 13.8 Å². The summed E-state index contributed by atoms with van der Waals surface area (Å²) in [6.45, 7) is 4.33. The van der Waals surface area contributed by atoms with Gasteiger partial charge in [-0.25, -0.2) is 0 Å². The Morgan fingerprint density at radius 2 is 0.729 bits per heavy atom. The Kier molecular flexibility index (Phi) is 7.92. The van der Waals surface area contributed by atoms with Crippen molar-refractivity contribution in [3.05, 3.63) is 89.7 Å².